The zero-order chi connectivity index (χ0) is 15.8. The van der Waals surface area contributed by atoms with Crippen LogP contribution < -0.4 is 4.90 Å². The van der Waals surface area contributed by atoms with Crippen molar-refractivity contribution in [3.05, 3.63) is 53.0 Å². The summed E-state index contributed by atoms with van der Waals surface area (Å²) in [4.78, 5) is 14.1. The van der Waals surface area contributed by atoms with Crippen molar-refractivity contribution < 1.29 is 0 Å². The van der Waals surface area contributed by atoms with E-state index >= 15 is 0 Å². The van der Waals surface area contributed by atoms with Crippen LogP contribution >= 0.6 is 0 Å². The van der Waals surface area contributed by atoms with E-state index in [9.17, 15) is 0 Å². The highest BCUT2D eigenvalue weighted by Crippen LogP contribution is 2.39. The molecular weight excluding hydrogens is 284 g/mol. The maximum absolute atomic E-state index is 4.70. The molecule has 1 atom stereocenters. The first kappa shape index (κ1) is 14.6. The summed E-state index contributed by atoms with van der Waals surface area (Å²) in [5.41, 5.74) is 5.40. The summed E-state index contributed by atoms with van der Waals surface area (Å²) in [7, 11) is 2.18. The highest BCUT2D eigenvalue weighted by atomic mass is 15.2. The van der Waals surface area contributed by atoms with Crippen LogP contribution in [0.3, 0.4) is 0 Å². The Labute approximate surface area is 138 Å². The van der Waals surface area contributed by atoms with Crippen LogP contribution in [0, 0.1) is 6.92 Å². The van der Waals surface area contributed by atoms with Crippen LogP contribution in [-0.2, 0) is 13.0 Å². The molecule has 4 heteroatoms. The Balaban J connectivity index is 1.74. The normalized spacial score (nSPS) is 21.5. The Morgan fingerprint density at radius 1 is 1.13 bits per heavy atom. The molecule has 2 aliphatic heterocycles. The molecule has 2 aromatic rings. The van der Waals surface area contributed by atoms with Crippen LogP contribution in [0.4, 0.5) is 5.82 Å². The van der Waals surface area contributed by atoms with Crippen LogP contribution in [0.5, 0.6) is 0 Å². The number of hydrogen-bond donors (Lipinski definition) is 0. The van der Waals surface area contributed by atoms with Crippen molar-refractivity contribution in [2.75, 3.05) is 25.0 Å². The molecule has 2 aliphatic rings. The van der Waals surface area contributed by atoms with Gasteiger partial charge in [0.25, 0.3) is 0 Å². The predicted octanol–water partition coefficient (Wildman–Crippen LogP) is 3.11. The lowest BCUT2D eigenvalue weighted by molar-refractivity contribution is 0.309. The first-order valence-corrected chi connectivity index (χ1v) is 8.57. The number of nitrogens with zero attached hydrogens (tertiary/aromatic N) is 4. The van der Waals surface area contributed by atoms with Crippen molar-refractivity contribution >= 4 is 5.82 Å². The molecule has 0 saturated carbocycles. The minimum absolute atomic E-state index is 0.447. The molecule has 4 nitrogen and oxygen atoms in total. The standard InChI is InChI=1S/C19H24N4/c1-14-6-3-4-7-15(14)18-8-5-10-23(18)19-16-12-22(2)11-9-17(16)20-13-21-19/h3-4,6-7,13,18H,5,8-12H2,1-2H3/t18-/m0/s1. The molecule has 0 N–H and O–H groups in total. The summed E-state index contributed by atoms with van der Waals surface area (Å²) < 4.78 is 0. The first-order valence-electron chi connectivity index (χ1n) is 8.57. The maximum atomic E-state index is 4.70. The van der Waals surface area contributed by atoms with Crippen molar-refractivity contribution in [2.45, 2.75) is 38.8 Å². The van der Waals surface area contributed by atoms with E-state index in [2.05, 4.69) is 53.0 Å². The number of fused-ring (bicyclic) bond motifs is 1. The molecule has 23 heavy (non-hydrogen) atoms. The summed E-state index contributed by atoms with van der Waals surface area (Å²) in [6.45, 7) is 5.36. The Morgan fingerprint density at radius 2 is 2.00 bits per heavy atom. The van der Waals surface area contributed by atoms with Gasteiger partial charge in [0, 0.05) is 31.6 Å². The molecule has 3 heterocycles. The Kier molecular flexibility index (Phi) is 3.77. The molecule has 0 amide bonds. The lowest BCUT2D eigenvalue weighted by Crippen LogP contribution is -2.32. The molecule has 1 aromatic heterocycles. The molecule has 0 radical (unpaired) electrons. The average molecular weight is 308 g/mol. The van der Waals surface area contributed by atoms with Gasteiger partial charge in [0.2, 0.25) is 0 Å². The Bertz CT molecular complexity index is 712. The summed E-state index contributed by atoms with van der Waals surface area (Å²) in [6.07, 6.45) is 5.23. The fourth-order valence-corrected chi connectivity index (χ4v) is 4.01. The number of likely N-dealkylation sites (N-methyl/N-ethyl adjacent to an activating group) is 1. The monoisotopic (exact) mass is 308 g/mol. The van der Waals surface area contributed by atoms with E-state index in [1.54, 1.807) is 6.33 Å². The maximum Gasteiger partial charge on any atom is 0.137 e. The van der Waals surface area contributed by atoms with Crippen LogP contribution in [0.1, 0.15) is 41.3 Å². The third-order valence-corrected chi connectivity index (χ3v) is 5.24. The van der Waals surface area contributed by atoms with Crippen LogP contribution in [0.2, 0.25) is 0 Å². The van der Waals surface area contributed by atoms with E-state index in [1.165, 1.54) is 35.2 Å². The largest absolute Gasteiger partial charge is 0.349 e. The fraction of sp³-hybridized carbons (Fsp3) is 0.474. The van der Waals surface area contributed by atoms with Gasteiger partial charge < -0.3 is 9.80 Å². The lowest BCUT2D eigenvalue weighted by Gasteiger charge is -2.32. The average Bonchev–Trinajstić information content (AvgIpc) is 3.04. The van der Waals surface area contributed by atoms with Crippen molar-refractivity contribution in [2.24, 2.45) is 0 Å². The van der Waals surface area contributed by atoms with Crippen molar-refractivity contribution in [3.8, 4) is 0 Å². The second-order valence-electron chi connectivity index (χ2n) is 6.82. The van der Waals surface area contributed by atoms with Gasteiger partial charge in [-0.25, -0.2) is 9.97 Å². The second kappa shape index (κ2) is 5.93. The molecule has 1 aromatic carbocycles. The zero-order valence-electron chi connectivity index (χ0n) is 14.0. The van der Waals surface area contributed by atoms with Crippen LogP contribution in [0.15, 0.2) is 30.6 Å². The highest BCUT2D eigenvalue weighted by molar-refractivity contribution is 5.53. The third-order valence-electron chi connectivity index (χ3n) is 5.24. The lowest BCUT2D eigenvalue weighted by atomic mass is 9.98. The molecular formula is C19H24N4. The summed E-state index contributed by atoms with van der Waals surface area (Å²) in [6, 6.07) is 9.22. The molecule has 120 valence electrons. The Hall–Kier alpha value is -1.94. The van der Waals surface area contributed by atoms with E-state index < -0.39 is 0 Å². The first-order chi connectivity index (χ1) is 11.2. The van der Waals surface area contributed by atoms with Crippen molar-refractivity contribution in [3.63, 3.8) is 0 Å². The molecule has 0 aliphatic carbocycles. The SMILES string of the molecule is Cc1ccccc1[C@@H]1CCCN1c1ncnc2c1CN(C)CC2. The van der Waals surface area contributed by atoms with Gasteiger partial charge >= 0.3 is 0 Å². The van der Waals surface area contributed by atoms with E-state index in [0.29, 0.717) is 6.04 Å². The van der Waals surface area contributed by atoms with Crippen LogP contribution in [-0.4, -0.2) is 35.0 Å². The van der Waals surface area contributed by atoms with Crippen molar-refractivity contribution in [1.29, 1.82) is 0 Å². The number of benzene rings is 1. The second-order valence-corrected chi connectivity index (χ2v) is 6.82. The zero-order valence-corrected chi connectivity index (χ0v) is 14.0. The smallest absolute Gasteiger partial charge is 0.137 e. The number of anilines is 1. The van der Waals surface area contributed by atoms with Gasteiger partial charge in [0.15, 0.2) is 0 Å². The van der Waals surface area contributed by atoms with Gasteiger partial charge in [0.1, 0.15) is 12.1 Å². The van der Waals surface area contributed by atoms with Gasteiger partial charge in [-0.2, -0.15) is 0 Å². The highest BCUT2D eigenvalue weighted by Gasteiger charge is 2.31. The van der Waals surface area contributed by atoms with E-state index in [1.807, 2.05) is 0 Å². The molecule has 0 unspecified atom stereocenters. The summed E-state index contributed by atoms with van der Waals surface area (Å²) >= 11 is 0. The quantitative estimate of drug-likeness (QED) is 0.853. The van der Waals surface area contributed by atoms with E-state index in [-0.39, 0.29) is 0 Å². The third kappa shape index (κ3) is 2.61. The van der Waals surface area contributed by atoms with Crippen molar-refractivity contribution in [1.82, 2.24) is 14.9 Å². The summed E-state index contributed by atoms with van der Waals surface area (Å²) in [5, 5.41) is 0. The van der Waals surface area contributed by atoms with E-state index in [0.717, 1.165) is 31.9 Å². The number of hydrogen-bond acceptors (Lipinski definition) is 4. The molecule has 1 saturated heterocycles. The number of rotatable bonds is 2. The number of aryl methyl sites for hydroxylation is 1. The fourth-order valence-electron chi connectivity index (χ4n) is 4.01. The van der Waals surface area contributed by atoms with Crippen LogP contribution in [0.25, 0.3) is 0 Å². The number of aromatic nitrogens is 2. The van der Waals surface area contributed by atoms with Gasteiger partial charge in [-0.05, 0) is 37.9 Å². The molecule has 1 fully saturated rings. The predicted molar refractivity (Wildman–Crippen MR) is 92.6 cm³/mol. The molecule has 0 bridgehead atoms. The summed E-state index contributed by atoms with van der Waals surface area (Å²) in [5.74, 6) is 1.16. The minimum atomic E-state index is 0.447. The van der Waals surface area contributed by atoms with Gasteiger partial charge in [-0.3, -0.25) is 0 Å². The van der Waals surface area contributed by atoms with Gasteiger partial charge in [0.05, 0.1) is 11.7 Å². The Morgan fingerprint density at radius 3 is 2.87 bits per heavy atom. The minimum Gasteiger partial charge on any atom is -0.349 e. The van der Waals surface area contributed by atoms with Gasteiger partial charge in [-0.15, -0.1) is 0 Å². The topological polar surface area (TPSA) is 32.3 Å². The van der Waals surface area contributed by atoms with Gasteiger partial charge in [-0.1, -0.05) is 24.3 Å². The molecule has 4 rings (SSSR count). The molecule has 0 spiro atoms. The van der Waals surface area contributed by atoms with E-state index in [4.69, 9.17) is 4.98 Å².